The second kappa shape index (κ2) is 4.04. The van der Waals surface area contributed by atoms with Crippen LogP contribution in [0, 0.1) is 12.3 Å². The van der Waals surface area contributed by atoms with E-state index in [-0.39, 0.29) is 13.0 Å². The van der Waals surface area contributed by atoms with Gasteiger partial charge in [-0.3, -0.25) is 9.78 Å². The third-order valence-corrected chi connectivity index (χ3v) is 2.59. The van der Waals surface area contributed by atoms with Crippen LogP contribution >= 0.6 is 0 Å². The Morgan fingerprint density at radius 1 is 1.35 bits per heavy atom. The molecule has 2 aliphatic rings. The first-order chi connectivity index (χ1) is 8.33. The van der Waals surface area contributed by atoms with Gasteiger partial charge in [0.25, 0.3) is 5.91 Å². The number of carbonyl (C=O) groups excluding carboxylic acids is 1. The molecular formula is C11H12N5O. The van der Waals surface area contributed by atoms with Gasteiger partial charge in [0.05, 0.1) is 18.3 Å². The summed E-state index contributed by atoms with van der Waals surface area (Å²) in [6, 6.07) is 0. The highest BCUT2D eigenvalue weighted by Gasteiger charge is 2.31. The molecule has 0 saturated heterocycles. The fourth-order valence-electron chi connectivity index (χ4n) is 1.55. The lowest BCUT2D eigenvalue weighted by Gasteiger charge is -2.02. The van der Waals surface area contributed by atoms with E-state index >= 15 is 0 Å². The Morgan fingerprint density at radius 2 is 2.24 bits per heavy atom. The lowest BCUT2D eigenvalue weighted by molar-refractivity contribution is 0.0972. The third-order valence-electron chi connectivity index (χ3n) is 2.59. The number of aromatic nitrogens is 2. The van der Waals surface area contributed by atoms with Gasteiger partial charge in [0.2, 0.25) is 0 Å². The standard InChI is InChI=1S/C11H10N5O.H2/c17-11(9-6-12-3-4-13-9)14-10-5-8(15-16-10)7-1-2-7;/h3-7H,1-2H2,(H,14,16,17);1H. The largest absolute Gasteiger partial charge is 0.307 e. The average Bonchev–Trinajstić information content (AvgIpc) is 3.12. The molecule has 6 nitrogen and oxygen atoms in total. The van der Waals surface area contributed by atoms with Gasteiger partial charge in [-0.25, -0.2) is 4.98 Å². The molecule has 1 saturated carbocycles. The van der Waals surface area contributed by atoms with Crippen molar-refractivity contribution in [1.29, 1.82) is 0 Å². The predicted octanol–water partition coefficient (Wildman–Crippen LogP) is 0.835. The van der Waals surface area contributed by atoms with Gasteiger partial charge in [-0.1, -0.05) is 0 Å². The number of amides is 1. The Morgan fingerprint density at radius 3 is 2.94 bits per heavy atom. The van der Waals surface area contributed by atoms with Crippen molar-refractivity contribution in [3.8, 4) is 0 Å². The minimum atomic E-state index is -0.319. The molecule has 2 heterocycles. The van der Waals surface area contributed by atoms with Crippen LogP contribution in [0.25, 0.3) is 0 Å². The van der Waals surface area contributed by atoms with Crippen molar-refractivity contribution in [1.82, 2.24) is 15.3 Å². The average molecular weight is 230 g/mol. The highest BCUT2D eigenvalue weighted by atomic mass is 16.2. The fraction of sp³-hybridized carbons (Fsp3) is 0.273. The van der Waals surface area contributed by atoms with E-state index in [0.29, 0.717) is 11.8 Å². The molecule has 1 amide bonds. The number of rotatable bonds is 2. The van der Waals surface area contributed by atoms with Gasteiger partial charge in [0, 0.05) is 13.8 Å². The Kier molecular flexibility index (Phi) is 2.40. The zero-order valence-electron chi connectivity index (χ0n) is 9.00. The monoisotopic (exact) mass is 230 g/mol. The highest BCUT2D eigenvalue weighted by molar-refractivity contribution is 6.22. The first-order valence-corrected chi connectivity index (χ1v) is 5.40. The SMILES string of the molecule is O=C(NC1=NN=C(C2CC2)[CH]1)c1cnccn1.[HH]. The van der Waals surface area contributed by atoms with Crippen molar-refractivity contribution in [3.63, 3.8) is 0 Å². The normalized spacial score (nSPS) is 18.6. The summed E-state index contributed by atoms with van der Waals surface area (Å²) in [4.78, 5) is 19.5. The fourth-order valence-corrected chi connectivity index (χ4v) is 1.55. The van der Waals surface area contributed by atoms with Crippen molar-refractivity contribution >= 4 is 17.5 Å². The molecular weight excluding hydrogens is 218 g/mol. The van der Waals surface area contributed by atoms with Crippen LogP contribution < -0.4 is 5.32 Å². The minimum absolute atomic E-state index is 0. The van der Waals surface area contributed by atoms with E-state index in [2.05, 4.69) is 25.5 Å². The lowest BCUT2D eigenvalue weighted by Crippen LogP contribution is -2.31. The number of amidine groups is 1. The lowest BCUT2D eigenvalue weighted by atomic mass is 10.2. The Hall–Kier alpha value is -2.11. The number of nitrogens with one attached hydrogen (secondary N) is 1. The van der Waals surface area contributed by atoms with Crippen LogP contribution in [0.1, 0.15) is 24.8 Å². The molecule has 1 aliphatic carbocycles. The van der Waals surface area contributed by atoms with Crippen LogP contribution in [0.5, 0.6) is 0 Å². The molecule has 1 fully saturated rings. The summed E-state index contributed by atoms with van der Waals surface area (Å²) >= 11 is 0. The van der Waals surface area contributed by atoms with E-state index in [1.165, 1.54) is 18.6 Å². The zero-order valence-corrected chi connectivity index (χ0v) is 9.00. The quantitative estimate of drug-likeness (QED) is 0.817. The minimum Gasteiger partial charge on any atom is -0.307 e. The molecule has 0 atom stereocenters. The second-order valence-electron chi connectivity index (χ2n) is 3.97. The number of carbonyl (C=O) groups is 1. The molecule has 17 heavy (non-hydrogen) atoms. The van der Waals surface area contributed by atoms with Crippen LogP contribution in [0.4, 0.5) is 0 Å². The molecule has 0 unspecified atom stereocenters. The topological polar surface area (TPSA) is 79.6 Å². The maximum atomic E-state index is 11.7. The molecule has 1 N–H and O–H groups in total. The van der Waals surface area contributed by atoms with E-state index in [1.54, 1.807) is 0 Å². The van der Waals surface area contributed by atoms with Crippen LogP contribution in [-0.2, 0) is 0 Å². The van der Waals surface area contributed by atoms with E-state index < -0.39 is 0 Å². The van der Waals surface area contributed by atoms with E-state index in [0.717, 1.165) is 18.6 Å². The molecule has 3 rings (SSSR count). The van der Waals surface area contributed by atoms with Gasteiger partial charge in [-0.15, -0.1) is 5.10 Å². The highest BCUT2D eigenvalue weighted by Crippen LogP contribution is 2.32. The molecule has 87 valence electrons. The Balaban J connectivity index is 0.00000120. The molecule has 6 heteroatoms. The first kappa shape index (κ1) is 10.1. The Bertz CT molecular complexity index is 509. The maximum absolute atomic E-state index is 11.7. The van der Waals surface area contributed by atoms with E-state index in [4.69, 9.17) is 0 Å². The maximum Gasteiger partial charge on any atom is 0.276 e. The molecule has 0 bridgehead atoms. The van der Waals surface area contributed by atoms with Gasteiger partial charge < -0.3 is 5.32 Å². The summed E-state index contributed by atoms with van der Waals surface area (Å²) in [6.07, 6.45) is 8.54. The van der Waals surface area contributed by atoms with Crippen molar-refractivity contribution in [2.24, 2.45) is 16.1 Å². The van der Waals surface area contributed by atoms with Crippen molar-refractivity contribution < 1.29 is 6.22 Å². The van der Waals surface area contributed by atoms with Crippen molar-refractivity contribution in [2.45, 2.75) is 12.8 Å². The number of hydrogen-bond acceptors (Lipinski definition) is 5. The van der Waals surface area contributed by atoms with E-state index in [9.17, 15) is 4.79 Å². The van der Waals surface area contributed by atoms with Gasteiger partial charge in [0.1, 0.15) is 11.5 Å². The summed E-state index contributed by atoms with van der Waals surface area (Å²) < 4.78 is 0. The van der Waals surface area contributed by atoms with Crippen LogP contribution in [0.15, 0.2) is 28.8 Å². The van der Waals surface area contributed by atoms with Crippen LogP contribution in [0.3, 0.4) is 0 Å². The van der Waals surface area contributed by atoms with E-state index in [1.807, 2.05) is 6.42 Å². The summed E-state index contributed by atoms with van der Waals surface area (Å²) in [5.41, 5.74) is 1.22. The van der Waals surface area contributed by atoms with Crippen molar-refractivity contribution in [2.75, 3.05) is 0 Å². The zero-order chi connectivity index (χ0) is 11.7. The first-order valence-electron chi connectivity index (χ1n) is 5.40. The molecule has 1 aromatic rings. The molecule has 0 spiro atoms. The summed E-state index contributed by atoms with van der Waals surface area (Å²) in [5, 5.41) is 10.6. The molecule has 1 aliphatic heterocycles. The molecule has 0 aromatic carbocycles. The smallest absolute Gasteiger partial charge is 0.276 e. The van der Waals surface area contributed by atoms with Gasteiger partial charge >= 0.3 is 0 Å². The van der Waals surface area contributed by atoms with Crippen LogP contribution in [-0.4, -0.2) is 27.4 Å². The summed E-state index contributed by atoms with van der Waals surface area (Å²) in [7, 11) is 0. The third kappa shape index (κ3) is 2.20. The van der Waals surface area contributed by atoms with Crippen molar-refractivity contribution in [3.05, 3.63) is 30.7 Å². The predicted molar refractivity (Wildman–Crippen MR) is 63.5 cm³/mol. The Labute approximate surface area is 99.4 Å². The summed E-state index contributed by atoms with van der Waals surface area (Å²) in [5.74, 6) is 0.688. The number of hydrogen-bond donors (Lipinski definition) is 1. The molecule has 1 radical (unpaired) electrons. The molecule has 1 aromatic heterocycles. The number of nitrogens with zero attached hydrogens (tertiary/aromatic N) is 4. The van der Waals surface area contributed by atoms with Crippen LogP contribution in [0.2, 0.25) is 0 Å². The summed E-state index contributed by atoms with van der Waals surface area (Å²) in [6.45, 7) is 0. The van der Waals surface area contributed by atoms with Gasteiger partial charge in [0.15, 0.2) is 0 Å². The van der Waals surface area contributed by atoms with Gasteiger partial charge in [-0.05, 0) is 18.8 Å². The van der Waals surface area contributed by atoms with Gasteiger partial charge in [-0.2, -0.15) is 5.10 Å². The second-order valence-corrected chi connectivity index (χ2v) is 3.97.